The molecule has 0 saturated heterocycles. The number of amides is 1. The number of carbonyl (C=O) groups excluding carboxylic acids is 1. The third-order valence-electron chi connectivity index (χ3n) is 4.44. The topological polar surface area (TPSA) is 95.1 Å². The van der Waals surface area contributed by atoms with Gasteiger partial charge in [-0.15, -0.1) is 0 Å². The maximum atomic E-state index is 13.1. The number of nitrogens with zero attached hydrogens (tertiary/aromatic N) is 3. The normalized spacial score (nSPS) is 11.7. The molecule has 27 heavy (non-hydrogen) atoms. The van der Waals surface area contributed by atoms with Crippen molar-refractivity contribution in [1.82, 2.24) is 14.5 Å². The van der Waals surface area contributed by atoms with E-state index >= 15 is 0 Å². The van der Waals surface area contributed by atoms with Crippen molar-refractivity contribution in [2.75, 3.05) is 18.2 Å². The molecule has 1 aromatic carbocycles. The highest BCUT2D eigenvalue weighted by atomic mass is 16.5. The summed E-state index contributed by atoms with van der Waals surface area (Å²) in [5, 5.41) is 3.53. The molecule has 2 aromatic heterocycles. The van der Waals surface area contributed by atoms with Crippen LogP contribution < -0.4 is 11.1 Å². The second kappa shape index (κ2) is 7.00. The van der Waals surface area contributed by atoms with E-state index in [0.717, 1.165) is 11.3 Å². The number of ether oxygens (including phenoxy) is 1. The number of methoxy groups -OCH3 is 1. The van der Waals surface area contributed by atoms with Gasteiger partial charge in [-0.25, -0.2) is 9.97 Å². The van der Waals surface area contributed by atoms with Crippen LogP contribution in [0, 0.1) is 6.92 Å². The van der Waals surface area contributed by atoms with E-state index in [9.17, 15) is 4.79 Å². The Morgan fingerprint density at radius 1 is 1.22 bits per heavy atom. The Morgan fingerprint density at radius 3 is 2.48 bits per heavy atom. The fraction of sp³-hybridized carbons (Fsp3) is 0.350. The second-order valence-electron chi connectivity index (χ2n) is 7.51. The van der Waals surface area contributed by atoms with Crippen LogP contribution in [0.4, 0.5) is 11.5 Å². The third kappa shape index (κ3) is 3.50. The maximum Gasteiger partial charge on any atom is 0.258 e. The summed E-state index contributed by atoms with van der Waals surface area (Å²) in [7, 11) is 1.65. The first-order valence-corrected chi connectivity index (χ1v) is 8.75. The van der Waals surface area contributed by atoms with Gasteiger partial charge in [0.25, 0.3) is 5.91 Å². The van der Waals surface area contributed by atoms with Crippen LogP contribution in [0.15, 0.2) is 30.6 Å². The highest BCUT2D eigenvalue weighted by Gasteiger charge is 2.28. The molecule has 2 heterocycles. The first-order chi connectivity index (χ1) is 12.7. The molecule has 0 aliphatic heterocycles. The van der Waals surface area contributed by atoms with Gasteiger partial charge in [-0.1, -0.05) is 12.1 Å². The Balaban J connectivity index is 2.05. The van der Waals surface area contributed by atoms with E-state index in [4.69, 9.17) is 10.5 Å². The van der Waals surface area contributed by atoms with Crippen molar-refractivity contribution in [2.24, 2.45) is 0 Å². The van der Waals surface area contributed by atoms with E-state index in [1.54, 1.807) is 7.11 Å². The van der Waals surface area contributed by atoms with Crippen LogP contribution in [0.3, 0.4) is 0 Å². The van der Waals surface area contributed by atoms with E-state index in [2.05, 4.69) is 36.1 Å². The molecule has 0 spiro atoms. The van der Waals surface area contributed by atoms with Crippen LogP contribution in [0.1, 0.15) is 42.4 Å². The lowest BCUT2D eigenvalue weighted by Gasteiger charge is -2.24. The van der Waals surface area contributed by atoms with Crippen molar-refractivity contribution in [3.63, 3.8) is 0 Å². The van der Waals surface area contributed by atoms with Crippen molar-refractivity contribution < 1.29 is 9.53 Å². The zero-order chi connectivity index (χ0) is 19.8. The van der Waals surface area contributed by atoms with Crippen LogP contribution >= 0.6 is 0 Å². The Hall–Kier alpha value is -2.93. The molecule has 0 atom stereocenters. The number of rotatable bonds is 4. The van der Waals surface area contributed by atoms with Crippen LogP contribution in [0.2, 0.25) is 0 Å². The molecule has 0 bridgehead atoms. The Bertz CT molecular complexity index is 984. The summed E-state index contributed by atoms with van der Waals surface area (Å²) in [6.45, 7) is 8.62. The number of fused-ring (bicyclic) bond motifs is 1. The van der Waals surface area contributed by atoms with Crippen molar-refractivity contribution in [3.8, 4) is 0 Å². The molecule has 142 valence electrons. The molecule has 3 rings (SSSR count). The Kier molecular flexibility index (Phi) is 4.89. The number of hydrogen-bond acceptors (Lipinski definition) is 5. The van der Waals surface area contributed by atoms with Crippen molar-refractivity contribution in [1.29, 1.82) is 0 Å². The fourth-order valence-corrected chi connectivity index (χ4v) is 3.39. The average molecular weight is 367 g/mol. The van der Waals surface area contributed by atoms with E-state index in [-0.39, 0.29) is 11.4 Å². The summed E-state index contributed by atoms with van der Waals surface area (Å²) in [6.07, 6.45) is 1.43. The number of hydrogen-bond donors (Lipinski definition) is 2. The predicted molar refractivity (Wildman–Crippen MR) is 107 cm³/mol. The zero-order valence-corrected chi connectivity index (χ0v) is 16.3. The minimum Gasteiger partial charge on any atom is -0.383 e. The zero-order valence-electron chi connectivity index (χ0n) is 16.3. The van der Waals surface area contributed by atoms with Gasteiger partial charge in [0.15, 0.2) is 0 Å². The number of carbonyl (C=O) groups is 1. The molecule has 0 aliphatic carbocycles. The third-order valence-corrected chi connectivity index (χ3v) is 4.44. The summed E-state index contributed by atoms with van der Waals surface area (Å²) in [5.41, 5.74) is 9.55. The summed E-state index contributed by atoms with van der Waals surface area (Å²) in [4.78, 5) is 21.6. The van der Waals surface area contributed by atoms with Crippen molar-refractivity contribution >= 4 is 28.4 Å². The second-order valence-corrected chi connectivity index (χ2v) is 7.51. The van der Waals surface area contributed by atoms with Gasteiger partial charge in [0.2, 0.25) is 0 Å². The van der Waals surface area contributed by atoms with Crippen LogP contribution in [-0.2, 0) is 16.9 Å². The quantitative estimate of drug-likeness (QED) is 0.736. The smallest absolute Gasteiger partial charge is 0.258 e. The van der Waals surface area contributed by atoms with E-state index in [0.29, 0.717) is 34.7 Å². The SMILES string of the molecule is COCc1ccc(NC(=O)c2c(C)n(C(C)(C)C)c3ncnc(N)c23)cc1. The molecule has 7 heteroatoms. The molecular weight excluding hydrogens is 342 g/mol. The van der Waals surface area contributed by atoms with Crippen LogP contribution in [0.25, 0.3) is 11.0 Å². The lowest BCUT2D eigenvalue weighted by molar-refractivity contribution is 0.102. The molecule has 3 N–H and O–H groups in total. The molecule has 0 unspecified atom stereocenters. The standard InChI is InChI=1S/C20H25N5O2/c1-12-15(19(26)24-14-8-6-13(7-9-14)10-27-5)16-17(21)22-11-23-18(16)25(12)20(2,3)4/h6-9,11H,10H2,1-5H3,(H,24,26)(H2,21,22,23). The molecule has 3 aromatic rings. The van der Waals surface area contributed by atoms with Gasteiger partial charge in [0.05, 0.1) is 17.6 Å². The van der Waals surface area contributed by atoms with Gasteiger partial charge in [0, 0.05) is 24.0 Å². The summed E-state index contributed by atoms with van der Waals surface area (Å²) >= 11 is 0. The molecule has 0 aliphatic rings. The Morgan fingerprint density at radius 2 is 1.89 bits per heavy atom. The highest BCUT2D eigenvalue weighted by molar-refractivity contribution is 6.15. The molecule has 0 fully saturated rings. The summed E-state index contributed by atoms with van der Waals surface area (Å²) in [5.74, 6) is 0.0631. The van der Waals surface area contributed by atoms with E-state index in [1.165, 1.54) is 6.33 Å². The lowest BCUT2D eigenvalue weighted by Crippen LogP contribution is -2.24. The molecular formula is C20H25N5O2. The maximum absolute atomic E-state index is 13.1. The number of nitrogens with one attached hydrogen (secondary N) is 1. The van der Waals surface area contributed by atoms with Crippen molar-refractivity contribution in [2.45, 2.75) is 39.8 Å². The largest absolute Gasteiger partial charge is 0.383 e. The number of nitrogens with two attached hydrogens (primary N) is 1. The van der Waals surface area contributed by atoms with Gasteiger partial charge in [-0.3, -0.25) is 4.79 Å². The van der Waals surface area contributed by atoms with Crippen molar-refractivity contribution in [3.05, 3.63) is 47.4 Å². The van der Waals surface area contributed by atoms with Gasteiger partial charge < -0.3 is 20.4 Å². The number of nitrogen functional groups attached to an aromatic ring is 1. The number of benzene rings is 1. The van der Waals surface area contributed by atoms with Gasteiger partial charge >= 0.3 is 0 Å². The van der Waals surface area contributed by atoms with Crippen LogP contribution in [0.5, 0.6) is 0 Å². The number of anilines is 2. The monoisotopic (exact) mass is 367 g/mol. The highest BCUT2D eigenvalue weighted by Crippen LogP contribution is 2.33. The van der Waals surface area contributed by atoms with E-state index < -0.39 is 0 Å². The van der Waals surface area contributed by atoms with Crippen LogP contribution in [-0.4, -0.2) is 27.6 Å². The lowest BCUT2D eigenvalue weighted by atomic mass is 10.1. The average Bonchev–Trinajstić information content (AvgIpc) is 2.90. The Labute approximate surface area is 158 Å². The van der Waals surface area contributed by atoms with E-state index in [1.807, 2.05) is 35.8 Å². The first-order valence-electron chi connectivity index (χ1n) is 8.75. The van der Waals surface area contributed by atoms with Gasteiger partial charge in [0.1, 0.15) is 17.8 Å². The first kappa shape index (κ1) is 18.8. The predicted octanol–water partition coefficient (Wildman–Crippen LogP) is 3.48. The fourth-order valence-electron chi connectivity index (χ4n) is 3.39. The molecule has 1 amide bonds. The summed E-state index contributed by atoms with van der Waals surface area (Å²) in [6, 6.07) is 7.54. The van der Waals surface area contributed by atoms with Gasteiger partial charge in [-0.05, 0) is 45.4 Å². The molecule has 0 saturated carbocycles. The molecule has 0 radical (unpaired) electrons. The minimum atomic E-state index is -0.260. The number of aromatic nitrogens is 3. The summed E-state index contributed by atoms with van der Waals surface area (Å²) < 4.78 is 7.14. The van der Waals surface area contributed by atoms with Gasteiger partial charge in [-0.2, -0.15) is 0 Å². The minimum absolute atomic E-state index is 0.235. The molecule has 7 nitrogen and oxygen atoms in total.